The van der Waals surface area contributed by atoms with Gasteiger partial charge in [0.15, 0.2) is 0 Å². The van der Waals surface area contributed by atoms with Gasteiger partial charge in [0.2, 0.25) is 12.3 Å². The third-order valence-electron chi connectivity index (χ3n) is 5.60. The fourth-order valence-corrected chi connectivity index (χ4v) is 3.61. The van der Waals surface area contributed by atoms with Gasteiger partial charge in [0.25, 0.3) is 5.95 Å². The molecular weight excluding hydrogens is 360 g/mol. The topological polar surface area (TPSA) is 120 Å². The van der Waals surface area contributed by atoms with Crippen LogP contribution >= 0.6 is 0 Å². The normalized spacial score (nSPS) is 17.7. The molecule has 1 saturated carbocycles. The smallest absolute Gasteiger partial charge is 0.262 e. The summed E-state index contributed by atoms with van der Waals surface area (Å²) in [4.78, 5) is 28.3. The number of rotatable bonds is 6. The molecule has 0 aliphatic heterocycles. The molecule has 3 rings (SSSR count). The predicted molar refractivity (Wildman–Crippen MR) is 103 cm³/mol. The van der Waals surface area contributed by atoms with Crippen LogP contribution in [0.25, 0.3) is 11.0 Å². The van der Waals surface area contributed by atoms with Crippen molar-refractivity contribution >= 4 is 29.3 Å². The zero-order valence-corrected chi connectivity index (χ0v) is 16.4. The number of hydrogen-bond acceptors (Lipinski definition) is 7. The third kappa shape index (κ3) is 4.19. The number of anilines is 1. The maximum absolute atomic E-state index is 13.0. The van der Waals surface area contributed by atoms with Crippen molar-refractivity contribution in [1.29, 1.82) is 0 Å². The Hall–Kier alpha value is -2.81. The first-order chi connectivity index (χ1) is 13.2. The van der Waals surface area contributed by atoms with Crippen molar-refractivity contribution in [1.82, 2.24) is 25.7 Å². The van der Waals surface area contributed by atoms with Crippen LogP contribution in [0.2, 0.25) is 0 Å². The molecule has 2 aromatic rings. The van der Waals surface area contributed by atoms with E-state index in [2.05, 4.69) is 39.9 Å². The largest absolute Gasteiger partial charge is 0.286 e. The van der Waals surface area contributed by atoms with Gasteiger partial charge in [0, 0.05) is 0 Å². The van der Waals surface area contributed by atoms with Crippen molar-refractivity contribution in [2.24, 2.45) is 10.8 Å². The van der Waals surface area contributed by atoms with E-state index in [0.29, 0.717) is 35.3 Å². The number of benzene rings is 1. The van der Waals surface area contributed by atoms with Crippen molar-refractivity contribution in [3.05, 3.63) is 23.8 Å². The second kappa shape index (κ2) is 7.67. The van der Waals surface area contributed by atoms with E-state index >= 15 is 0 Å². The lowest BCUT2D eigenvalue weighted by molar-refractivity contribution is -0.164. The van der Waals surface area contributed by atoms with Crippen LogP contribution in [0.15, 0.2) is 18.2 Å². The van der Waals surface area contributed by atoms with E-state index in [1.165, 1.54) is 0 Å². The van der Waals surface area contributed by atoms with E-state index < -0.39 is 5.41 Å². The van der Waals surface area contributed by atoms with E-state index in [4.69, 9.17) is 0 Å². The number of hydroxylamine groups is 2. The van der Waals surface area contributed by atoms with Crippen LogP contribution in [0.3, 0.4) is 0 Å². The van der Waals surface area contributed by atoms with Crippen molar-refractivity contribution < 1.29 is 14.8 Å². The SMILES string of the molecule is Cc1cccc2nnc(NNC(=O)C3(CN(O)C=O)CCC(C)(C)CC3)nc12. The highest BCUT2D eigenvalue weighted by Crippen LogP contribution is 2.45. The molecule has 0 spiro atoms. The Morgan fingerprint density at radius 3 is 2.64 bits per heavy atom. The average Bonchev–Trinajstić information content (AvgIpc) is 2.68. The van der Waals surface area contributed by atoms with Crippen LogP contribution in [-0.4, -0.2) is 44.3 Å². The second-order valence-electron chi connectivity index (χ2n) is 8.30. The number of carbonyl (C=O) groups excluding carboxylic acids is 2. The number of hydrogen-bond donors (Lipinski definition) is 3. The predicted octanol–water partition coefficient (Wildman–Crippen LogP) is 2.21. The van der Waals surface area contributed by atoms with Crippen LogP contribution in [0.1, 0.15) is 45.1 Å². The molecule has 0 radical (unpaired) electrons. The van der Waals surface area contributed by atoms with Crippen LogP contribution in [0, 0.1) is 17.8 Å². The standard InChI is InChI=1S/C19H26N6O3/c1-13-5-4-6-14-15(13)20-17(23-21-14)24-22-16(27)19(11-25(28)12-26)9-7-18(2,3)8-10-19/h4-6,12,28H,7-11H2,1-3H3,(H,22,27)(H,20,23,24). The van der Waals surface area contributed by atoms with Gasteiger partial charge in [-0.05, 0) is 49.7 Å². The summed E-state index contributed by atoms with van der Waals surface area (Å²) in [5, 5.41) is 18.4. The summed E-state index contributed by atoms with van der Waals surface area (Å²) >= 11 is 0. The molecule has 1 fully saturated rings. The monoisotopic (exact) mass is 386 g/mol. The van der Waals surface area contributed by atoms with E-state index in [0.717, 1.165) is 18.4 Å². The summed E-state index contributed by atoms with van der Waals surface area (Å²) in [6, 6.07) is 5.62. The third-order valence-corrected chi connectivity index (χ3v) is 5.60. The molecular formula is C19H26N6O3. The van der Waals surface area contributed by atoms with Crippen molar-refractivity contribution in [2.75, 3.05) is 12.0 Å². The molecule has 0 saturated heterocycles. The van der Waals surface area contributed by atoms with E-state index in [9.17, 15) is 14.8 Å². The Kier molecular flexibility index (Phi) is 5.46. The lowest BCUT2D eigenvalue weighted by atomic mass is 9.64. The number of para-hydroxylation sites is 1. The number of aryl methyl sites for hydroxylation is 1. The lowest BCUT2D eigenvalue weighted by Crippen LogP contribution is -2.51. The molecule has 9 nitrogen and oxygen atoms in total. The molecule has 1 aromatic heterocycles. The molecule has 0 atom stereocenters. The molecule has 2 amide bonds. The molecule has 1 heterocycles. The van der Waals surface area contributed by atoms with Crippen molar-refractivity contribution in [2.45, 2.75) is 46.5 Å². The highest BCUT2D eigenvalue weighted by Gasteiger charge is 2.45. The number of aromatic nitrogens is 3. The van der Waals surface area contributed by atoms with Gasteiger partial charge in [0.05, 0.1) is 17.5 Å². The van der Waals surface area contributed by atoms with Gasteiger partial charge >= 0.3 is 0 Å². The number of fused-ring (bicyclic) bond motifs is 1. The molecule has 0 bridgehead atoms. The number of amides is 2. The van der Waals surface area contributed by atoms with Crippen LogP contribution in [0.4, 0.5) is 5.95 Å². The quantitative estimate of drug-likeness (QED) is 0.395. The summed E-state index contributed by atoms with van der Waals surface area (Å²) in [6.45, 7) is 6.17. The summed E-state index contributed by atoms with van der Waals surface area (Å²) in [5.74, 6) is -0.130. The summed E-state index contributed by atoms with van der Waals surface area (Å²) in [6.07, 6.45) is 3.09. The first kappa shape index (κ1) is 19.9. The van der Waals surface area contributed by atoms with Gasteiger partial charge in [-0.1, -0.05) is 26.0 Å². The molecule has 0 unspecified atom stereocenters. The van der Waals surface area contributed by atoms with Gasteiger partial charge in [-0.25, -0.2) is 10.0 Å². The fourth-order valence-electron chi connectivity index (χ4n) is 3.61. The summed E-state index contributed by atoms with van der Waals surface area (Å²) in [7, 11) is 0. The minimum atomic E-state index is -0.877. The number of nitrogens with one attached hydrogen (secondary N) is 2. The van der Waals surface area contributed by atoms with Gasteiger partial charge in [-0.2, -0.15) is 0 Å². The Morgan fingerprint density at radius 1 is 1.25 bits per heavy atom. The summed E-state index contributed by atoms with van der Waals surface area (Å²) in [5.41, 5.74) is 6.94. The number of hydrazine groups is 1. The Morgan fingerprint density at radius 2 is 1.96 bits per heavy atom. The van der Waals surface area contributed by atoms with Gasteiger partial charge < -0.3 is 0 Å². The first-order valence-electron chi connectivity index (χ1n) is 9.32. The Labute approximate surface area is 163 Å². The zero-order valence-electron chi connectivity index (χ0n) is 16.4. The number of nitrogens with zero attached hydrogens (tertiary/aromatic N) is 4. The van der Waals surface area contributed by atoms with Gasteiger partial charge in [-0.3, -0.25) is 25.6 Å². The molecule has 1 aromatic carbocycles. The van der Waals surface area contributed by atoms with Crippen molar-refractivity contribution in [3.63, 3.8) is 0 Å². The molecule has 28 heavy (non-hydrogen) atoms. The molecule has 9 heteroatoms. The van der Waals surface area contributed by atoms with Crippen LogP contribution in [0.5, 0.6) is 0 Å². The van der Waals surface area contributed by atoms with E-state index in [1.54, 1.807) is 0 Å². The van der Waals surface area contributed by atoms with E-state index in [-0.39, 0.29) is 23.8 Å². The minimum absolute atomic E-state index is 0.0595. The molecule has 1 aliphatic rings. The van der Waals surface area contributed by atoms with Crippen molar-refractivity contribution in [3.8, 4) is 0 Å². The Bertz CT molecular complexity index is 875. The minimum Gasteiger partial charge on any atom is -0.286 e. The average molecular weight is 386 g/mol. The zero-order chi connectivity index (χ0) is 20.4. The Balaban J connectivity index is 1.75. The fraction of sp³-hybridized carbons (Fsp3) is 0.526. The van der Waals surface area contributed by atoms with Crippen LogP contribution in [-0.2, 0) is 9.59 Å². The highest BCUT2D eigenvalue weighted by atomic mass is 16.5. The van der Waals surface area contributed by atoms with Gasteiger partial charge in [0.1, 0.15) is 5.52 Å². The van der Waals surface area contributed by atoms with Crippen LogP contribution < -0.4 is 10.9 Å². The molecule has 3 N–H and O–H groups in total. The highest BCUT2D eigenvalue weighted by molar-refractivity contribution is 5.84. The second-order valence-corrected chi connectivity index (χ2v) is 8.30. The lowest BCUT2D eigenvalue weighted by Gasteiger charge is -2.42. The maximum Gasteiger partial charge on any atom is 0.262 e. The maximum atomic E-state index is 13.0. The molecule has 1 aliphatic carbocycles. The summed E-state index contributed by atoms with van der Waals surface area (Å²) < 4.78 is 0. The van der Waals surface area contributed by atoms with E-state index in [1.807, 2.05) is 25.1 Å². The number of carbonyl (C=O) groups is 2. The van der Waals surface area contributed by atoms with Gasteiger partial charge in [-0.15, -0.1) is 10.2 Å². The molecule has 150 valence electrons. The first-order valence-corrected chi connectivity index (χ1v) is 9.32.